The zero-order valence-corrected chi connectivity index (χ0v) is 26.0. The van der Waals surface area contributed by atoms with Crippen molar-refractivity contribution in [2.75, 3.05) is 22.8 Å². The van der Waals surface area contributed by atoms with E-state index in [-0.39, 0.29) is 24.5 Å². The molecular weight excluding hydrogens is 590 g/mol. The summed E-state index contributed by atoms with van der Waals surface area (Å²) in [6, 6.07) is 21.4. The first-order valence-corrected chi connectivity index (χ1v) is 16.0. The number of ether oxygens (including phenoxy) is 1. The maximum absolute atomic E-state index is 12.7. The fourth-order valence-corrected chi connectivity index (χ4v) is 5.65. The van der Waals surface area contributed by atoms with Crippen molar-refractivity contribution in [3.63, 3.8) is 0 Å². The van der Waals surface area contributed by atoms with Crippen molar-refractivity contribution in [3.8, 4) is 11.5 Å². The van der Waals surface area contributed by atoms with E-state index in [1.165, 1.54) is 5.56 Å². The lowest BCUT2D eigenvalue weighted by Gasteiger charge is -2.40. The summed E-state index contributed by atoms with van der Waals surface area (Å²) in [5.74, 6) is 0.805. The van der Waals surface area contributed by atoms with E-state index < -0.39 is 15.9 Å². The fraction of sp³-hybridized carbons (Fsp3) is 0.355. The number of anilines is 2. The molecule has 43 heavy (non-hydrogen) atoms. The van der Waals surface area contributed by atoms with Crippen LogP contribution in [-0.2, 0) is 16.6 Å². The Hall–Kier alpha value is -3.80. The average molecular weight is 630 g/mol. The number of urea groups is 1. The molecule has 2 atom stereocenters. The summed E-state index contributed by atoms with van der Waals surface area (Å²) in [5, 5.41) is 5.97. The van der Waals surface area contributed by atoms with Gasteiger partial charge in [-0.25, -0.2) is 13.2 Å². The number of sulfonamides is 1. The van der Waals surface area contributed by atoms with Gasteiger partial charge in [0, 0.05) is 42.1 Å². The molecule has 0 saturated carbocycles. The van der Waals surface area contributed by atoms with E-state index in [4.69, 9.17) is 10.5 Å². The molecule has 0 aromatic heterocycles. The monoisotopic (exact) mass is 629 g/mol. The van der Waals surface area contributed by atoms with E-state index in [0.717, 1.165) is 51.4 Å². The number of nitrogens with two attached hydrogens (primary N) is 1. The van der Waals surface area contributed by atoms with Crippen LogP contribution < -0.4 is 25.8 Å². The van der Waals surface area contributed by atoms with Gasteiger partial charge in [-0.2, -0.15) is 0 Å². The molecule has 5 N–H and O–H groups in total. The SMILES string of the molecule is CCCCC1CC(NC(=O)Nc2ccc(C(N)=O)cc2)CCN1Cc1ccc(Oc2ccc(NS(C)(=O)=O)cc2)cc1.Cl. The summed E-state index contributed by atoms with van der Waals surface area (Å²) in [7, 11) is -3.33. The molecule has 1 heterocycles. The van der Waals surface area contributed by atoms with Crippen molar-refractivity contribution in [3.05, 3.63) is 83.9 Å². The minimum Gasteiger partial charge on any atom is -0.457 e. The lowest BCUT2D eigenvalue weighted by molar-refractivity contribution is 0.1000. The standard InChI is InChI=1S/C31H39N5O5S.ClH/c1-3-4-5-27-20-26(34-31(38)33-24-10-8-23(9-11-24)30(32)37)18-19-36(27)21-22-6-14-28(15-7-22)41-29-16-12-25(13-17-29)35-42(2,39)40;/h6-17,26-27,35H,3-5,18-21H2,1-2H3,(H2,32,37)(H2,33,34,38);1H. The molecule has 0 aliphatic carbocycles. The second-order valence-electron chi connectivity index (χ2n) is 10.7. The molecule has 232 valence electrons. The largest absolute Gasteiger partial charge is 0.457 e. The number of carbonyl (C=O) groups excluding carboxylic acids is 2. The normalized spacial score (nSPS) is 16.9. The molecular formula is C31H40ClN5O5S. The minimum atomic E-state index is -3.33. The van der Waals surface area contributed by atoms with Crippen LogP contribution in [0.25, 0.3) is 0 Å². The number of rotatable bonds is 12. The lowest BCUT2D eigenvalue weighted by atomic mass is 9.93. The molecule has 0 bridgehead atoms. The highest BCUT2D eigenvalue weighted by Gasteiger charge is 2.29. The number of piperidine rings is 1. The number of amides is 3. The Balaban J connectivity index is 0.00000506. The van der Waals surface area contributed by atoms with E-state index in [0.29, 0.717) is 34.5 Å². The molecule has 4 rings (SSSR count). The Bertz CT molecular complexity index is 1450. The molecule has 1 fully saturated rings. The van der Waals surface area contributed by atoms with Gasteiger partial charge in [-0.1, -0.05) is 31.9 Å². The number of primary amides is 1. The van der Waals surface area contributed by atoms with Gasteiger partial charge < -0.3 is 21.1 Å². The third kappa shape index (κ3) is 10.8. The van der Waals surface area contributed by atoms with Crippen LogP contribution >= 0.6 is 12.4 Å². The molecule has 0 spiro atoms. The highest BCUT2D eigenvalue weighted by Crippen LogP contribution is 2.27. The number of likely N-dealkylation sites (tertiary alicyclic amines) is 1. The van der Waals surface area contributed by atoms with Crippen LogP contribution in [0.4, 0.5) is 16.2 Å². The third-order valence-corrected chi connectivity index (χ3v) is 7.80. The van der Waals surface area contributed by atoms with Crippen LogP contribution in [0, 0.1) is 0 Å². The number of carbonyl (C=O) groups is 2. The molecule has 2 unspecified atom stereocenters. The van der Waals surface area contributed by atoms with Crippen LogP contribution in [-0.4, -0.2) is 50.1 Å². The quantitative estimate of drug-likeness (QED) is 0.202. The number of hydrogen-bond donors (Lipinski definition) is 4. The van der Waals surface area contributed by atoms with Crippen molar-refractivity contribution in [2.45, 2.75) is 57.7 Å². The Morgan fingerprint density at radius 3 is 2.14 bits per heavy atom. The molecule has 1 aliphatic rings. The van der Waals surface area contributed by atoms with Gasteiger partial charge in [0.2, 0.25) is 15.9 Å². The van der Waals surface area contributed by atoms with Crippen LogP contribution in [0.15, 0.2) is 72.8 Å². The molecule has 0 radical (unpaired) electrons. The number of nitrogens with one attached hydrogen (secondary N) is 3. The highest BCUT2D eigenvalue weighted by atomic mass is 35.5. The predicted molar refractivity (Wildman–Crippen MR) is 173 cm³/mol. The molecule has 1 saturated heterocycles. The topological polar surface area (TPSA) is 143 Å². The van der Waals surface area contributed by atoms with Gasteiger partial charge >= 0.3 is 6.03 Å². The zero-order chi connectivity index (χ0) is 30.1. The van der Waals surface area contributed by atoms with E-state index in [1.54, 1.807) is 48.5 Å². The van der Waals surface area contributed by atoms with Gasteiger partial charge in [-0.15, -0.1) is 12.4 Å². The molecule has 3 amide bonds. The van der Waals surface area contributed by atoms with Gasteiger partial charge in [0.05, 0.1) is 6.26 Å². The molecule has 1 aliphatic heterocycles. The number of benzene rings is 3. The number of unbranched alkanes of at least 4 members (excludes halogenated alkanes) is 1. The van der Waals surface area contributed by atoms with Gasteiger partial charge in [0.15, 0.2) is 0 Å². The van der Waals surface area contributed by atoms with Crippen LogP contribution in [0.1, 0.15) is 54.9 Å². The Labute approximate surface area is 259 Å². The van der Waals surface area contributed by atoms with Crippen molar-refractivity contribution < 1.29 is 22.7 Å². The van der Waals surface area contributed by atoms with E-state index in [2.05, 4.69) is 39.3 Å². The van der Waals surface area contributed by atoms with Crippen molar-refractivity contribution in [1.29, 1.82) is 0 Å². The average Bonchev–Trinajstić information content (AvgIpc) is 2.94. The summed E-state index contributed by atoms with van der Waals surface area (Å²) < 4.78 is 31.2. The smallest absolute Gasteiger partial charge is 0.319 e. The van der Waals surface area contributed by atoms with Gasteiger partial charge in [-0.3, -0.25) is 14.4 Å². The first-order chi connectivity index (χ1) is 20.1. The Morgan fingerprint density at radius 2 is 1.56 bits per heavy atom. The lowest BCUT2D eigenvalue weighted by Crippen LogP contribution is -2.50. The maximum Gasteiger partial charge on any atom is 0.319 e. The van der Waals surface area contributed by atoms with E-state index in [9.17, 15) is 18.0 Å². The van der Waals surface area contributed by atoms with Crippen molar-refractivity contribution in [1.82, 2.24) is 10.2 Å². The predicted octanol–water partition coefficient (Wildman–Crippen LogP) is 5.72. The second-order valence-corrected chi connectivity index (χ2v) is 12.4. The molecule has 12 heteroatoms. The first-order valence-electron chi connectivity index (χ1n) is 14.1. The summed E-state index contributed by atoms with van der Waals surface area (Å²) in [6.45, 7) is 3.87. The summed E-state index contributed by atoms with van der Waals surface area (Å²) in [6.07, 6.45) is 6.14. The number of halogens is 1. The van der Waals surface area contributed by atoms with Gasteiger partial charge in [0.1, 0.15) is 11.5 Å². The third-order valence-electron chi connectivity index (χ3n) is 7.19. The van der Waals surface area contributed by atoms with Crippen LogP contribution in [0.3, 0.4) is 0 Å². The zero-order valence-electron chi connectivity index (χ0n) is 24.4. The fourth-order valence-electron chi connectivity index (χ4n) is 5.09. The Morgan fingerprint density at radius 1 is 0.953 bits per heavy atom. The molecule has 3 aromatic rings. The minimum absolute atomic E-state index is 0. The summed E-state index contributed by atoms with van der Waals surface area (Å²) >= 11 is 0. The van der Waals surface area contributed by atoms with E-state index >= 15 is 0 Å². The van der Waals surface area contributed by atoms with Gasteiger partial charge in [-0.05, 0) is 85.5 Å². The van der Waals surface area contributed by atoms with Crippen LogP contribution in [0.2, 0.25) is 0 Å². The summed E-state index contributed by atoms with van der Waals surface area (Å²) in [4.78, 5) is 26.4. The number of hydrogen-bond acceptors (Lipinski definition) is 6. The first kappa shape index (κ1) is 33.7. The molecule has 10 nitrogen and oxygen atoms in total. The Kier molecular flexibility index (Phi) is 12.2. The van der Waals surface area contributed by atoms with Crippen molar-refractivity contribution in [2.24, 2.45) is 5.73 Å². The van der Waals surface area contributed by atoms with Crippen molar-refractivity contribution >= 4 is 45.7 Å². The van der Waals surface area contributed by atoms with Gasteiger partial charge in [0.25, 0.3) is 0 Å². The van der Waals surface area contributed by atoms with E-state index in [1.807, 2.05) is 12.1 Å². The van der Waals surface area contributed by atoms with Crippen LogP contribution in [0.5, 0.6) is 11.5 Å². The second kappa shape index (κ2) is 15.6. The summed E-state index contributed by atoms with van der Waals surface area (Å²) in [5.41, 5.74) is 7.94. The maximum atomic E-state index is 12.7. The number of nitrogens with zero attached hydrogens (tertiary/aromatic N) is 1. The molecule has 3 aromatic carbocycles. The highest BCUT2D eigenvalue weighted by molar-refractivity contribution is 7.92.